The maximum absolute atomic E-state index is 12.4. The van der Waals surface area contributed by atoms with Gasteiger partial charge in [0.25, 0.3) is 5.91 Å². The average Bonchev–Trinajstić information content (AvgIpc) is 3.11. The summed E-state index contributed by atoms with van der Waals surface area (Å²) in [5.74, 6) is 0.376. The van der Waals surface area contributed by atoms with Crippen molar-refractivity contribution in [2.24, 2.45) is 0 Å². The predicted molar refractivity (Wildman–Crippen MR) is 109 cm³/mol. The zero-order chi connectivity index (χ0) is 19.5. The first-order valence-electron chi connectivity index (χ1n) is 9.86. The number of fused-ring (bicyclic) bond motifs is 2. The summed E-state index contributed by atoms with van der Waals surface area (Å²) in [6.07, 6.45) is 2.97. The summed E-state index contributed by atoms with van der Waals surface area (Å²) in [4.78, 5) is 12.4. The molecule has 2 bridgehead atoms. The highest BCUT2D eigenvalue weighted by Gasteiger charge is 2.60. The second-order valence-corrected chi connectivity index (χ2v) is 9.08. The Morgan fingerprint density at radius 1 is 1.21 bits per heavy atom. The third-order valence-corrected chi connectivity index (χ3v) is 6.99. The minimum atomic E-state index is -0.126. The van der Waals surface area contributed by atoms with Crippen molar-refractivity contribution in [3.05, 3.63) is 63.2 Å². The van der Waals surface area contributed by atoms with E-state index in [0.29, 0.717) is 29.5 Å². The number of nitrogens with one attached hydrogen (secondary N) is 1. The van der Waals surface area contributed by atoms with Crippen molar-refractivity contribution in [1.82, 2.24) is 5.32 Å². The summed E-state index contributed by atoms with van der Waals surface area (Å²) in [6, 6.07) is 10.8. The van der Waals surface area contributed by atoms with E-state index in [0.717, 1.165) is 37.0 Å². The van der Waals surface area contributed by atoms with Crippen molar-refractivity contribution in [3.63, 3.8) is 0 Å². The first-order chi connectivity index (χ1) is 13.4. The molecule has 3 fully saturated rings. The molecule has 1 saturated carbocycles. The molecule has 3 heterocycles. The Kier molecular flexibility index (Phi) is 4.01. The third-order valence-electron chi connectivity index (χ3n) is 6.53. The van der Waals surface area contributed by atoms with Gasteiger partial charge in [0.1, 0.15) is 6.61 Å². The number of benzene rings is 2. The van der Waals surface area contributed by atoms with E-state index in [-0.39, 0.29) is 16.9 Å². The molecule has 1 N–H and O–H groups in total. The lowest BCUT2D eigenvalue weighted by molar-refractivity contribution is 0.0158. The summed E-state index contributed by atoms with van der Waals surface area (Å²) < 4.78 is 11.6. The molecule has 2 aromatic carbocycles. The second kappa shape index (κ2) is 6.23. The van der Waals surface area contributed by atoms with Crippen molar-refractivity contribution in [2.45, 2.75) is 44.1 Å². The molecule has 2 saturated heterocycles. The number of amides is 1. The molecule has 6 rings (SSSR count). The van der Waals surface area contributed by atoms with Crippen LogP contribution in [0, 0.1) is 6.92 Å². The number of hydrogen-bond donors (Lipinski definition) is 1. The van der Waals surface area contributed by atoms with E-state index in [4.69, 9.17) is 21.1 Å². The van der Waals surface area contributed by atoms with Gasteiger partial charge in [0.15, 0.2) is 5.75 Å². The van der Waals surface area contributed by atoms with E-state index in [9.17, 15) is 4.79 Å². The van der Waals surface area contributed by atoms with Crippen molar-refractivity contribution >= 4 is 17.5 Å². The van der Waals surface area contributed by atoms with E-state index in [1.807, 2.05) is 13.0 Å². The maximum Gasteiger partial charge on any atom is 0.255 e. The Balaban J connectivity index is 1.42. The van der Waals surface area contributed by atoms with Gasteiger partial charge < -0.3 is 14.8 Å². The molecule has 3 aliphatic heterocycles. The predicted octanol–water partition coefficient (Wildman–Crippen LogP) is 4.18. The van der Waals surface area contributed by atoms with Gasteiger partial charge in [-0.3, -0.25) is 4.79 Å². The quantitative estimate of drug-likeness (QED) is 0.845. The van der Waals surface area contributed by atoms with E-state index < -0.39 is 0 Å². The monoisotopic (exact) mass is 397 g/mol. The molecule has 2 aromatic rings. The molecule has 146 valence electrons. The lowest BCUT2D eigenvalue weighted by Crippen LogP contribution is -2.44. The van der Waals surface area contributed by atoms with Gasteiger partial charge in [-0.05, 0) is 61.4 Å². The normalized spacial score (nSPS) is 28.0. The third kappa shape index (κ3) is 2.73. The van der Waals surface area contributed by atoms with Gasteiger partial charge in [-0.25, -0.2) is 0 Å². The van der Waals surface area contributed by atoms with Gasteiger partial charge in [-0.1, -0.05) is 35.9 Å². The number of ether oxygens (including phenoxy) is 2. The van der Waals surface area contributed by atoms with Crippen LogP contribution in [0.5, 0.6) is 5.75 Å². The number of carbonyl (C=O) groups is 1. The molecule has 4 aliphatic rings. The molecule has 0 radical (unpaired) electrons. The Labute approximate surface area is 170 Å². The van der Waals surface area contributed by atoms with Gasteiger partial charge in [0, 0.05) is 5.41 Å². The molecule has 1 aliphatic carbocycles. The zero-order valence-corrected chi connectivity index (χ0v) is 17.0. The fourth-order valence-corrected chi connectivity index (χ4v) is 5.34. The highest BCUT2D eigenvalue weighted by atomic mass is 35.5. The SMILES string of the molecule is Cc1c(Cc2ccc(C34COC(C)(C3)C4)cc2)cc2c(c1Cl)OCCNC2=O. The van der Waals surface area contributed by atoms with Crippen LogP contribution in [0.2, 0.25) is 5.02 Å². The summed E-state index contributed by atoms with van der Waals surface area (Å²) in [5.41, 5.74) is 5.43. The highest BCUT2D eigenvalue weighted by molar-refractivity contribution is 6.33. The number of hydrogen-bond acceptors (Lipinski definition) is 3. The van der Waals surface area contributed by atoms with Crippen LogP contribution in [0.3, 0.4) is 0 Å². The van der Waals surface area contributed by atoms with E-state index in [1.54, 1.807) is 0 Å². The topological polar surface area (TPSA) is 47.6 Å². The van der Waals surface area contributed by atoms with Crippen LogP contribution < -0.4 is 10.1 Å². The van der Waals surface area contributed by atoms with Crippen LogP contribution >= 0.6 is 11.6 Å². The summed E-state index contributed by atoms with van der Waals surface area (Å²) in [7, 11) is 0. The average molecular weight is 398 g/mol. The lowest BCUT2D eigenvalue weighted by Gasteiger charge is -2.42. The Bertz CT molecular complexity index is 961. The van der Waals surface area contributed by atoms with Crippen molar-refractivity contribution in [3.8, 4) is 5.75 Å². The smallest absolute Gasteiger partial charge is 0.255 e. The van der Waals surface area contributed by atoms with Gasteiger partial charge >= 0.3 is 0 Å². The number of halogens is 1. The van der Waals surface area contributed by atoms with Gasteiger partial charge in [-0.2, -0.15) is 0 Å². The molecule has 0 aromatic heterocycles. The summed E-state index contributed by atoms with van der Waals surface area (Å²) in [5, 5.41) is 3.39. The van der Waals surface area contributed by atoms with Crippen molar-refractivity contribution in [1.29, 1.82) is 0 Å². The van der Waals surface area contributed by atoms with E-state index >= 15 is 0 Å². The molecule has 4 nitrogen and oxygen atoms in total. The minimum absolute atomic E-state index is 0.0943. The van der Waals surface area contributed by atoms with Crippen LogP contribution in [0.25, 0.3) is 0 Å². The molecular formula is C23H24ClNO3. The summed E-state index contributed by atoms with van der Waals surface area (Å²) >= 11 is 6.55. The number of carbonyl (C=O) groups excluding carboxylic acids is 1. The molecule has 0 spiro atoms. The van der Waals surface area contributed by atoms with E-state index in [1.165, 1.54) is 11.1 Å². The lowest BCUT2D eigenvalue weighted by atomic mass is 9.60. The second-order valence-electron chi connectivity index (χ2n) is 8.70. The number of rotatable bonds is 3. The molecular weight excluding hydrogens is 374 g/mol. The van der Waals surface area contributed by atoms with E-state index in [2.05, 4.69) is 36.5 Å². The van der Waals surface area contributed by atoms with Gasteiger partial charge in [-0.15, -0.1) is 0 Å². The fourth-order valence-electron chi connectivity index (χ4n) is 5.06. The minimum Gasteiger partial charge on any atom is -0.489 e. The largest absolute Gasteiger partial charge is 0.489 e. The van der Waals surface area contributed by atoms with Gasteiger partial charge in [0.05, 0.1) is 29.3 Å². The van der Waals surface area contributed by atoms with Crippen LogP contribution in [0.15, 0.2) is 30.3 Å². The molecule has 1 amide bonds. The Morgan fingerprint density at radius 3 is 2.64 bits per heavy atom. The fraction of sp³-hybridized carbons (Fsp3) is 0.435. The highest BCUT2D eigenvalue weighted by Crippen LogP contribution is 2.58. The first kappa shape index (κ1) is 18.0. The van der Waals surface area contributed by atoms with Crippen LogP contribution in [-0.4, -0.2) is 31.3 Å². The van der Waals surface area contributed by atoms with Crippen LogP contribution in [0.1, 0.15) is 52.4 Å². The van der Waals surface area contributed by atoms with Gasteiger partial charge in [0.2, 0.25) is 0 Å². The standard InChI is InChI=1S/C23H24ClNO3/c1-14-16(10-18-20(19(14)24)27-8-7-25-21(18)26)9-15-3-5-17(6-4-15)23-11-22(2,12-23)28-13-23/h3-6,10H,7-9,11-13H2,1-2H3,(H,25,26). The molecule has 5 heteroatoms. The molecule has 0 unspecified atom stereocenters. The maximum atomic E-state index is 12.4. The van der Waals surface area contributed by atoms with Crippen LogP contribution in [0.4, 0.5) is 0 Å². The van der Waals surface area contributed by atoms with Crippen molar-refractivity contribution < 1.29 is 14.3 Å². The molecule has 0 atom stereocenters. The zero-order valence-electron chi connectivity index (χ0n) is 16.2. The Morgan fingerprint density at radius 2 is 1.96 bits per heavy atom. The summed E-state index contributed by atoms with van der Waals surface area (Å²) in [6.45, 7) is 5.95. The first-order valence-corrected chi connectivity index (χ1v) is 10.2. The van der Waals surface area contributed by atoms with Crippen molar-refractivity contribution in [2.75, 3.05) is 19.8 Å². The molecule has 28 heavy (non-hydrogen) atoms. The Hall–Kier alpha value is -2.04. The van der Waals surface area contributed by atoms with Crippen LogP contribution in [-0.2, 0) is 16.6 Å².